The summed E-state index contributed by atoms with van der Waals surface area (Å²) in [5.41, 5.74) is 1.13. The van der Waals surface area contributed by atoms with E-state index in [1.165, 1.54) is 0 Å². The minimum atomic E-state index is -3.26. The van der Waals surface area contributed by atoms with Gasteiger partial charge in [-0.25, -0.2) is 0 Å². The van der Waals surface area contributed by atoms with Crippen molar-refractivity contribution in [3.63, 3.8) is 0 Å². The van der Waals surface area contributed by atoms with Crippen molar-refractivity contribution in [2.75, 3.05) is 13.2 Å². The summed E-state index contributed by atoms with van der Waals surface area (Å²) in [6.07, 6.45) is 0. The van der Waals surface area contributed by atoms with Crippen molar-refractivity contribution in [1.82, 2.24) is 5.32 Å². The smallest absolute Gasteiger partial charge is 0.308 e. The summed E-state index contributed by atoms with van der Waals surface area (Å²) < 4.78 is 24.2. The Morgan fingerprint density at radius 1 is 1.09 bits per heavy atom. The molecule has 0 saturated heterocycles. The highest BCUT2D eigenvalue weighted by molar-refractivity contribution is 7.54. The lowest BCUT2D eigenvalue weighted by Crippen LogP contribution is -2.22. The van der Waals surface area contributed by atoms with Gasteiger partial charge in [0.1, 0.15) is 5.78 Å². The molecule has 1 unspecified atom stereocenters. The van der Waals surface area contributed by atoms with Crippen molar-refractivity contribution in [2.45, 2.75) is 26.2 Å². The van der Waals surface area contributed by atoms with Crippen LogP contribution in [0.15, 0.2) is 47.8 Å². The monoisotopic (exact) mass is 339 g/mol. The maximum absolute atomic E-state index is 13.1. The van der Waals surface area contributed by atoms with Crippen molar-refractivity contribution in [3.05, 3.63) is 58.3 Å². The van der Waals surface area contributed by atoms with Gasteiger partial charge >= 0.3 is 7.60 Å². The fourth-order valence-corrected chi connectivity index (χ4v) is 5.23. The quantitative estimate of drug-likeness (QED) is 0.667. The van der Waals surface area contributed by atoms with Gasteiger partial charge in [0.25, 0.3) is 0 Å². The van der Waals surface area contributed by atoms with Crippen LogP contribution in [0.2, 0.25) is 0 Å². The highest BCUT2D eigenvalue weighted by Crippen LogP contribution is 2.60. The molecule has 0 aliphatic rings. The second kappa shape index (κ2) is 8.61. The molecule has 2 aromatic rings. The molecule has 1 aromatic carbocycles. The van der Waals surface area contributed by atoms with Crippen LogP contribution in [-0.2, 0) is 20.2 Å². The number of nitrogens with one attached hydrogen (secondary N) is 1. The summed E-state index contributed by atoms with van der Waals surface area (Å²) in [5.74, 6) is -0.451. The third kappa shape index (κ3) is 4.51. The molecule has 2 rings (SSSR count). The normalized spacial score (nSPS) is 13.2. The number of rotatable bonds is 9. The Morgan fingerprint density at radius 2 is 1.77 bits per heavy atom. The predicted molar refractivity (Wildman–Crippen MR) is 91.2 cm³/mol. The van der Waals surface area contributed by atoms with Gasteiger partial charge in [-0.2, -0.15) is 0 Å². The van der Waals surface area contributed by atoms with Crippen LogP contribution in [0.5, 0.6) is 0 Å². The molecule has 120 valence electrons. The molecule has 0 bridgehead atoms. The fourth-order valence-electron chi connectivity index (χ4n) is 2.17. The third-order valence-corrected chi connectivity index (χ3v) is 6.53. The first kappa shape index (κ1) is 17.4. The molecule has 1 atom stereocenters. The van der Waals surface area contributed by atoms with E-state index in [9.17, 15) is 4.57 Å². The molecule has 0 spiro atoms. The molecule has 1 aromatic heterocycles. The number of hydrogen-bond acceptors (Lipinski definition) is 5. The van der Waals surface area contributed by atoms with E-state index in [0.717, 1.165) is 10.4 Å². The molecule has 0 saturated carbocycles. The number of hydrogen-bond donors (Lipinski definition) is 1. The average Bonchev–Trinajstić information content (AvgIpc) is 3.03. The summed E-state index contributed by atoms with van der Waals surface area (Å²) in [6, 6.07) is 13.9. The third-order valence-electron chi connectivity index (χ3n) is 3.09. The largest absolute Gasteiger partial charge is 0.352 e. The van der Waals surface area contributed by atoms with Crippen molar-refractivity contribution in [1.29, 1.82) is 0 Å². The first-order chi connectivity index (χ1) is 10.7. The molecule has 6 heteroatoms. The molecule has 0 radical (unpaired) electrons. The Hall–Kier alpha value is -0.970. The molecular weight excluding hydrogens is 317 g/mol. The summed E-state index contributed by atoms with van der Waals surface area (Å²) >= 11 is 1.55. The van der Waals surface area contributed by atoms with Gasteiger partial charge in [-0.15, -0.1) is 11.3 Å². The first-order valence-electron chi connectivity index (χ1n) is 7.39. The lowest BCUT2D eigenvalue weighted by molar-refractivity contribution is 0.207. The fraction of sp³-hybridized carbons (Fsp3) is 0.375. The first-order valence-corrected chi connectivity index (χ1v) is 9.88. The molecule has 0 amide bonds. The van der Waals surface area contributed by atoms with Gasteiger partial charge in [0, 0.05) is 11.4 Å². The topological polar surface area (TPSA) is 47.6 Å². The Morgan fingerprint density at radius 3 is 2.32 bits per heavy atom. The van der Waals surface area contributed by atoms with E-state index >= 15 is 0 Å². The van der Waals surface area contributed by atoms with Crippen LogP contribution < -0.4 is 5.32 Å². The molecule has 0 aliphatic heterocycles. The van der Waals surface area contributed by atoms with E-state index in [-0.39, 0.29) is 0 Å². The van der Waals surface area contributed by atoms with Gasteiger partial charge in [0.05, 0.1) is 13.2 Å². The van der Waals surface area contributed by atoms with E-state index in [1.54, 1.807) is 11.3 Å². The van der Waals surface area contributed by atoms with Crippen LogP contribution in [0.4, 0.5) is 0 Å². The van der Waals surface area contributed by atoms with Gasteiger partial charge in [-0.1, -0.05) is 36.4 Å². The molecule has 4 nitrogen and oxygen atoms in total. The SMILES string of the molecule is CCOP(=O)(OCC)C(NCc1ccccc1)c1cccs1. The van der Waals surface area contributed by atoms with Crippen molar-refractivity contribution in [3.8, 4) is 0 Å². The Bertz CT molecular complexity index is 579. The Labute approximate surface area is 136 Å². The van der Waals surface area contributed by atoms with E-state index < -0.39 is 13.4 Å². The standard InChI is InChI=1S/C16H22NO3PS/c1-3-19-21(18,20-4-2)16(15-11-8-12-22-15)17-13-14-9-6-5-7-10-14/h5-12,16-17H,3-4,13H2,1-2H3. The number of benzene rings is 1. The van der Waals surface area contributed by atoms with Gasteiger partial charge in [-0.05, 0) is 30.9 Å². The minimum absolute atomic E-state index is 0.353. The van der Waals surface area contributed by atoms with Gasteiger partial charge in [-0.3, -0.25) is 9.88 Å². The highest BCUT2D eigenvalue weighted by Gasteiger charge is 2.37. The zero-order valence-electron chi connectivity index (χ0n) is 12.9. The molecule has 22 heavy (non-hydrogen) atoms. The summed E-state index contributed by atoms with van der Waals surface area (Å²) in [6.45, 7) is 4.97. The van der Waals surface area contributed by atoms with Gasteiger partial charge < -0.3 is 9.05 Å². The summed E-state index contributed by atoms with van der Waals surface area (Å²) in [5, 5.41) is 5.31. The zero-order chi connectivity index (χ0) is 15.8. The van der Waals surface area contributed by atoms with Crippen molar-refractivity contribution >= 4 is 18.9 Å². The maximum Gasteiger partial charge on any atom is 0.352 e. The van der Waals surface area contributed by atoms with Crippen LogP contribution in [0, 0.1) is 0 Å². The lowest BCUT2D eigenvalue weighted by atomic mass is 10.2. The second-order valence-electron chi connectivity index (χ2n) is 4.66. The highest BCUT2D eigenvalue weighted by atomic mass is 32.1. The van der Waals surface area contributed by atoms with Crippen molar-refractivity contribution in [2.24, 2.45) is 0 Å². The van der Waals surface area contributed by atoms with Crippen LogP contribution in [0.1, 0.15) is 30.1 Å². The maximum atomic E-state index is 13.1. The van der Waals surface area contributed by atoms with Gasteiger partial charge in [0.15, 0.2) is 0 Å². The predicted octanol–water partition coefficient (Wildman–Crippen LogP) is 4.80. The van der Waals surface area contributed by atoms with Crippen LogP contribution in [-0.4, -0.2) is 13.2 Å². The van der Waals surface area contributed by atoms with Crippen LogP contribution in [0.3, 0.4) is 0 Å². The second-order valence-corrected chi connectivity index (χ2v) is 7.75. The average molecular weight is 339 g/mol. The Balaban J connectivity index is 2.20. The van der Waals surface area contributed by atoms with Crippen molar-refractivity contribution < 1.29 is 13.6 Å². The minimum Gasteiger partial charge on any atom is -0.308 e. The molecule has 1 N–H and O–H groups in total. The van der Waals surface area contributed by atoms with E-state index in [4.69, 9.17) is 9.05 Å². The molecule has 1 heterocycles. The van der Waals surface area contributed by atoms with Crippen LogP contribution >= 0.6 is 18.9 Å². The van der Waals surface area contributed by atoms with Gasteiger partial charge in [0.2, 0.25) is 0 Å². The molecule has 0 aliphatic carbocycles. The van der Waals surface area contributed by atoms with E-state index in [1.807, 2.05) is 61.7 Å². The molecular formula is C16H22NO3PS. The van der Waals surface area contributed by atoms with Crippen LogP contribution in [0.25, 0.3) is 0 Å². The summed E-state index contributed by atoms with van der Waals surface area (Å²) in [4.78, 5) is 0.959. The Kier molecular flexibility index (Phi) is 6.80. The molecule has 0 fully saturated rings. The zero-order valence-corrected chi connectivity index (χ0v) is 14.6. The van der Waals surface area contributed by atoms with E-state index in [0.29, 0.717) is 19.8 Å². The van der Waals surface area contributed by atoms with E-state index in [2.05, 4.69) is 5.32 Å². The summed E-state index contributed by atoms with van der Waals surface area (Å²) in [7, 11) is -3.26. The number of thiophene rings is 1. The lowest BCUT2D eigenvalue weighted by Gasteiger charge is -2.26.